The number of carbonyl (C=O) groups is 4. The second-order valence-electron chi connectivity index (χ2n) is 16.0. The topological polar surface area (TPSA) is 200 Å². The number of H-pyrrole nitrogens is 2. The molecule has 0 unspecified atom stereocenters. The van der Waals surface area contributed by atoms with E-state index in [1.54, 1.807) is 28.4 Å². The number of amides is 4. The first-order chi connectivity index (χ1) is 29.6. The smallest absolute Gasteiger partial charge is 0.407 e. The van der Waals surface area contributed by atoms with Crippen LogP contribution in [0.2, 0.25) is 0 Å². The summed E-state index contributed by atoms with van der Waals surface area (Å²) in [6.07, 6.45) is 7.37. The molecule has 1 fully saturated rings. The van der Waals surface area contributed by atoms with Crippen LogP contribution in [0.25, 0.3) is 44.8 Å². The van der Waals surface area contributed by atoms with Crippen molar-refractivity contribution >= 4 is 40.7 Å². The fourth-order valence-corrected chi connectivity index (χ4v) is 8.82. The first-order valence-corrected chi connectivity index (χ1v) is 20.5. The number of rotatable bonds is 9. The minimum absolute atomic E-state index is 0.116. The van der Waals surface area contributed by atoms with E-state index >= 15 is 0 Å². The first kappa shape index (κ1) is 39.4. The van der Waals surface area contributed by atoms with Gasteiger partial charge in [-0.3, -0.25) is 19.5 Å². The van der Waals surface area contributed by atoms with Gasteiger partial charge in [-0.1, -0.05) is 62.4 Å². The number of hydrogen-bond donors (Lipinski definition) is 4. The maximum absolute atomic E-state index is 14.0. The van der Waals surface area contributed by atoms with E-state index < -0.39 is 24.3 Å². The van der Waals surface area contributed by atoms with Gasteiger partial charge in [0.1, 0.15) is 23.7 Å². The molecule has 6 aromatic rings. The number of para-hydroxylation sites is 1. The van der Waals surface area contributed by atoms with E-state index in [2.05, 4.69) is 25.6 Å². The van der Waals surface area contributed by atoms with Gasteiger partial charge < -0.3 is 35.0 Å². The van der Waals surface area contributed by atoms with Gasteiger partial charge in [0.15, 0.2) is 0 Å². The molecule has 4 atom stereocenters. The van der Waals surface area contributed by atoms with Crippen molar-refractivity contribution in [3.63, 3.8) is 0 Å². The molecule has 0 bridgehead atoms. The molecule has 16 nitrogen and oxygen atoms in total. The number of likely N-dealkylation sites (tertiary alicyclic amines) is 1. The number of methoxy groups -OCH3 is 2. The van der Waals surface area contributed by atoms with Crippen LogP contribution in [-0.2, 0) is 31.9 Å². The van der Waals surface area contributed by atoms with E-state index in [4.69, 9.17) is 24.4 Å². The van der Waals surface area contributed by atoms with Crippen molar-refractivity contribution in [2.45, 2.75) is 70.1 Å². The van der Waals surface area contributed by atoms with Gasteiger partial charge in [0.2, 0.25) is 11.8 Å². The first-order valence-electron chi connectivity index (χ1n) is 20.5. The van der Waals surface area contributed by atoms with E-state index in [1.165, 1.54) is 14.2 Å². The maximum Gasteiger partial charge on any atom is 0.407 e. The summed E-state index contributed by atoms with van der Waals surface area (Å²) < 4.78 is 9.57. The predicted octanol–water partition coefficient (Wildman–Crippen LogP) is 6.42. The molecule has 0 saturated carbocycles. The van der Waals surface area contributed by atoms with Crippen molar-refractivity contribution in [3.05, 3.63) is 102 Å². The summed E-state index contributed by atoms with van der Waals surface area (Å²) in [5.41, 5.74) is 9.55. The van der Waals surface area contributed by atoms with Crippen molar-refractivity contribution < 1.29 is 28.7 Å². The normalized spacial score (nSPS) is 18.8. The Labute approximate surface area is 351 Å². The predicted molar refractivity (Wildman–Crippen MR) is 226 cm³/mol. The average Bonchev–Trinajstić information content (AvgIpc) is 4.11. The quantitative estimate of drug-likeness (QED) is 0.126. The van der Waals surface area contributed by atoms with E-state index in [1.807, 2.05) is 74.5 Å². The number of carbonyl (C=O) groups excluding carboxylic acids is 4. The average molecular weight is 823 g/mol. The third-order valence-corrected chi connectivity index (χ3v) is 12.0. The molecule has 0 aliphatic carbocycles. The van der Waals surface area contributed by atoms with Gasteiger partial charge in [-0.2, -0.15) is 0 Å². The van der Waals surface area contributed by atoms with Gasteiger partial charge in [-0.25, -0.2) is 24.5 Å². The Morgan fingerprint density at radius 1 is 0.787 bits per heavy atom. The Hall–Kier alpha value is -7.10. The van der Waals surface area contributed by atoms with E-state index in [9.17, 15) is 19.2 Å². The molecule has 1 saturated heterocycles. The molecule has 9 rings (SSSR count). The molecule has 312 valence electrons. The minimum Gasteiger partial charge on any atom is -0.453 e. The molecule has 3 aromatic heterocycles. The second kappa shape index (κ2) is 16.2. The zero-order valence-electron chi connectivity index (χ0n) is 34.3. The third-order valence-electron chi connectivity index (χ3n) is 12.0. The van der Waals surface area contributed by atoms with E-state index in [0.717, 1.165) is 74.5 Å². The van der Waals surface area contributed by atoms with E-state index in [-0.39, 0.29) is 29.8 Å². The summed E-state index contributed by atoms with van der Waals surface area (Å²) in [7, 11) is 2.58. The van der Waals surface area contributed by atoms with Gasteiger partial charge >= 0.3 is 12.2 Å². The molecule has 16 heteroatoms. The lowest BCUT2D eigenvalue weighted by Gasteiger charge is -2.30. The summed E-state index contributed by atoms with van der Waals surface area (Å²) in [6, 6.07) is 18.0. The monoisotopic (exact) mass is 822 g/mol. The zero-order valence-corrected chi connectivity index (χ0v) is 34.3. The highest BCUT2D eigenvalue weighted by Crippen LogP contribution is 2.45. The molecule has 0 radical (unpaired) electrons. The number of alkyl carbamates (subject to hydrolysis) is 2. The summed E-state index contributed by atoms with van der Waals surface area (Å²) in [5.74, 6) is 0.902. The van der Waals surface area contributed by atoms with Crippen molar-refractivity contribution in [3.8, 4) is 33.8 Å². The molecule has 0 spiro atoms. The highest BCUT2D eigenvalue weighted by molar-refractivity contribution is 6.02. The molecule has 3 aliphatic rings. The van der Waals surface area contributed by atoms with Crippen molar-refractivity contribution in [2.24, 2.45) is 5.92 Å². The van der Waals surface area contributed by atoms with Gasteiger partial charge in [0, 0.05) is 24.1 Å². The van der Waals surface area contributed by atoms with Gasteiger partial charge in [-0.15, -0.1) is 0 Å². The van der Waals surface area contributed by atoms with Crippen LogP contribution >= 0.6 is 0 Å². The van der Waals surface area contributed by atoms with Crippen LogP contribution in [0.15, 0.2) is 79.3 Å². The van der Waals surface area contributed by atoms with Gasteiger partial charge in [0.25, 0.3) is 0 Å². The largest absolute Gasteiger partial charge is 0.453 e. The Bertz CT molecular complexity index is 2660. The van der Waals surface area contributed by atoms with Crippen molar-refractivity contribution in [2.75, 3.05) is 25.7 Å². The SMILES string of the molecule is COC(=O)N[C@H]1CCc2cccc3c2N(C1=O)[C@H](c1ncc(-c2ccc4nc(-c5ccc(-c6cnc([C@@H]7CCCN7C(=O)[C@@H](NC(=O)OC)C(C)C)[nH]6)cc5)cnc4c2)[nH]1)C3. The van der Waals surface area contributed by atoms with Crippen LogP contribution in [-0.4, -0.2) is 91.7 Å². The fourth-order valence-electron chi connectivity index (χ4n) is 8.82. The number of ether oxygens (including phenoxy) is 2. The van der Waals surface area contributed by atoms with Crippen LogP contribution in [0.4, 0.5) is 15.3 Å². The molecule has 4 amide bonds. The lowest BCUT2D eigenvalue weighted by atomic mass is 10.0. The number of aromatic amines is 2. The fraction of sp³-hybridized carbons (Fsp3) is 0.333. The van der Waals surface area contributed by atoms with Crippen LogP contribution in [0.5, 0.6) is 0 Å². The Morgan fingerprint density at radius 3 is 2.21 bits per heavy atom. The molecule has 3 aromatic carbocycles. The second-order valence-corrected chi connectivity index (χ2v) is 16.0. The number of aryl methyl sites for hydroxylation is 1. The molecule has 3 aliphatic heterocycles. The lowest BCUT2D eigenvalue weighted by molar-refractivity contribution is -0.135. The summed E-state index contributed by atoms with van der Waals surface area (Å²) >= 11 is 0. The summed E-state index contributed by atoms with van der Waals surface area (Å²) in [4.78, 5) is 81.3. The number of aromatic nitrogens is 6. The number of imidazole rings is 2. The van der Waals surface area contributed by atoms with Crippen LogP contribution in [0.1, 0.15) is 68.0 Å². The Balaban J connectivity index is 0.897. The summed E-state index contributed by atoms with van der Waals surface area (Å²) in [6.45, 7) is 4.37. The lowest BCUT2D eigenvalue weighted by Crippen LogP contribution is -2.51. The highest BCUT2D eigenvalue weighted by Gasteiger charge is 2.43. The summed E-state index contributed by atoms with van der Waals surface area (Å²) in [5, 5.41) is 5.42. The molecular formula is C45H46N10O6. The van der Waals surface area contributed by atoms with Crippen molar-refractivity contribution in [1.29, 1.82) is 0 Å². The molecule has 4 N–H and O–H groups in total. The number of nitrogens with zero attached hydrogens (tertiary/aromatic N) is 6. The minimum atomic E-state index is -0.717. The number of anilines is 1. The Morgan fingerprint density at radius 2 is 1.48 bits per heavy atom. The number of hydrogen-bond acceptors (Lipinski definition) is 10. The van der Waals surface area contributed by atoms with Crippen LogP contribution < -0.4 is 15.5 Å². The number of fused-ring (bicyclic) bond motifs is 1. The standard InChI is InChI=1S/C45H46N10O6/c1-24(2)38(53-45(59)61-4)43(57)54-18-6-9-36(54)40-47-22-34(50-40)26-12-10-25(11-13-26)33-21-46-32-19-28(15-16-30(32)49-33)35-23-48-41(51-35)37-20-29-8-5-7-27-14-17-31(52-44(58)60-3)42(56)55(37)39(27)29/h5,7-8,10-13,15-16,19,21-24,31,36-38H,6,9,14,17-18,20H2,1-4H3,(H,47,50)(H,48,51)(H,52,58)(H,53,59)/t31-,36-,37-,38-/m0/s1. The van der Waals surface area contributed by atoms with Crippen LogP contribution in [0, 0.1) is 5.92 Å². The molecule has 61 heavy (non-hydrogen) atoms. The van der Waals surface area contributed by atoms with Gasteiger partial charge in [0.05, 0.1) is 78.7 Å². The Kier molecular flexibility index (Phi) is 10.4. The molecule has 6 heterocycles. The van der Waals surface area contributed by atoms with Crippen molar-refractivity contribution in [1.82, 2.24) is 45.4 Å². The van der Waals surface area contributed by atoms with Gasteiger partial charge in [-0.05, 0) is 60.4 Å². The number of nitrogens with one attached hydrogen (secondary N) is 4. The zero-order chi connectivity index (χ0) is 42.4. The third kappa shape index (κ3) is 7.42. The highest BCUT2D eigenvalue weighted by atomic mass is 16.5. The number of benzene rings is 3. The van der Waals surface area contributed by atoms with Crippen LogP contribution in [0.3, 0.4) is 0 Å². The molecular weight excluding hydrogens is 777 g/mol. The van der Waals surface area contributed by atoms with E-state index in [0.29, 0.717) is 37.5 Å². The maximum atomic E-state index is 14.0.